The second-order valence-electron chi connectivity index (χ2n) is 6.52. The van der Waals surface area contributed by atoms with Gasteiger partial charge in [-0.15, -0.1) is 10.2 Å². The molecular weight excluding hydrogens is 375 g/mol. The van der Waals surface area contributed by atoms with E-state index in [1.165, 1.54) is 17.8 Å². The maximum atomic E-state index is 14.3. The Morgan fingerprint density at radius 2 is 1.86 bits per heavy atom. The van der Waals surface area contributed by atoms with Crippen LogP contribution in [0.5, 0.6) is 0 Å². The molecule has 0 fully saturated rings. The highest BCUT2D eigenvalue weighted by Crippen LogP contribution is 2.26. The minimum absolute atomic E-state index is 0.0546. The van der Waals surface area contributed by atoms with Gasteiger partial charge in [0.1, 0.15) is 5.82 Å². The van der Waals surface area contributed by atoms with Gasteiger partial charge in [0.25, 0.3) is 0 Å². The van der Waals surface area contributed by atoms with Gasteiger partial charge in [-0.2, -0.15) is 0 Å². The van der Waals surface area contributed by atoms with Gasteiger partial charge in [-0.3, -0.25) is 9.36 Å². The van der Waals surface area contributed by atoms with Gasteiger partial charge in [-0.1, -0.05) is 61.2 Å². The van der Waals surface area contributed by atoms with E-state index < -0.39 is 0 Å². The molecule has 0 bridgehead atoms. The SMILES string of the molecule is CC[C@H](C)NC(=O)CSc1nnc(-c2ccccc2F)n1Cc1ccccc1. The third kappa shape index (κ3) is 4.98. The summed E-state index contributed by atoms with van der Waals surface area (Å²) in [4.78, 5) is 12.1. The van der Waals surface area contributed by atoms with Crippen molar-refractivity contribution in [1.82, 2.24) is 20.1 Å². The van der Waals surface area contributed by atoms with Crippen molar-refractivity contribution in [3.8, 4) is 11.4 Å². The van der Waals surface area contributed by atoms with Crippen LogP contribution in [0.2, 0.25) is 0 Å². The van der Waals surface area contributed by atoms with Crippen LogP contribution in [-0.4, -0.2) is 32.5 Å². The Bertz CT molecular complexity index is 929. The number of carbonyl (C=O) groups is 1. The maximum absolute atomic E-state index is 14.3. The highest BCUT2D eigenvalue weighted by Gasteiger charge is 2.18. The highest BCUT2D eigenvalue weighted by atomic mass is 32.2. The number of nitrogens with zero attached hydrogens (tertiary/aromatic N) is 3. The summed E-state index contributed by atoms with van der Waals surface area (Å²) < 4.78 is 16.2. The molecule has 1 N–H and O–H groups in total. The van der Waals surface area contributed by atoms with Gasteiger partial charge in [0.05, 0.1) is 17.9 Å². The topological polar surface area (TPSA) is 59.8 Å². The summed E-state index contributed by atoms with van der Waals surface area (Å²) in [5.41, 5.74) is 1.44. The van der Waals surface area contributed by atoms with E-state index in [9.17, 15) is 9.18 Å². The lowest BCUT2D eigenvalue weighted by Gasteiger charge is -2.12. The molecule has 5 nitrogen and oxygen atoms in total. The normalized spacial score (nSPS) is 12.0. The van der Waals surface area contributed by atoms with Crippen molar-refractivity contribution in [2.24, 2.45) is 0 Å². The van der Waals surface area contributed by atoms with Crippen LogP contribution in [0.1, 0.15) is 25.8 Å². The lowest BCUT2D eigenvalue weighted by molar-refractivity contribution is -0.119. The van der Waals surface area contributed by atoms with Crippen LogP contribution in [0.3, 0.4) is 0 Å². The molecule has 7 heteroatoms. The molecule has 0 aliphatic carbocycles. The van der Waals surface area contributed by atoms with Crippen molar-refractivity contribution < 1.29 is 9.18 Å². The molecule has 2 aromatic carbocycles. The molecule has 0 spiro atoms. The first kappa shape index (κ1) is 20.1. The Kier molecular flexibility index (Phi) is 6.81. The number of carbonyl (C=O) groups excluding carboxylic acids is 1. The Morgan fingerprint density at radius 1 is 1.14 bits per heavy atom. The van der Waals surface area contributed by atoms with Gasteiger partial charge in [-0.05, 0) is 31.0 Å². The molecule has 3 rings (SSSR count). The van der Waals surface area contributed by atoms with Crippen molar-refractivity contribution in [1.29, 1.82) is 0 Å². The molecule has 0 radical (unpaired) electrons. The fourth-order valence-corrected chi connectivity index (χ4v) is 3.44. The summed E-state index contributed by atoms with van der Waals surface area (Å²) in [5.74, 6) is 0.275. The first-order valence-electron chi connectivity index (χ1n) is 9.22. The zero-order chi connectivity index (χ0) is 19.9. The Morgan fingerprint density at radius 3 is 2.57 bits per heavy atom. The number of nitrogens with one attached hydrogen (secondary N) is 1. The number of hydrogen-bond donors (Lipinski definition) is 1. The molecular formula is C21H23FN4OS. The Hall–Kier alpha value is -2.67. The van der Waals surface area contributed by atoms with Gasteiger partial charge in [0.2, 0.25) is 5.91 Å². The molecule has 0 saturated carbocycles. The number of rotatable bonds is 8. The minimum Gasteiger partial charge on any atom is -0.353 e. The summed E-state index contributed by atoms with van der Waals surface area (Å²) in [7, 11) is 0. The molecule has 0 saturated heterocycles. The highest BCUT2D eigenvalue weighted by molar-refractivity contribution is 7.99. The first-order chi connectivity index (χ1) is 13.6. The van der Waals surface area contributed by atoms with Crippen molar-refractivity contribution in [3.63, 3.8) is 0 Å². The number of amides is 1. The smallest absolute Gasteiger partial charge is 0.230 e. The molecule has 1 atom stereocenters. The predicted molar refractivity (Wildman–Crippen MR) is 110 cm³/mol. The third-order valence-corrected chi connectivity index (χ3v) is 5.33. The number of thioether (sulfide) groups is 1. The molecule has 1 amide bonds. The monoisotopic (exact) mass is 398 g/mol. The number of halogens is 1. The van der Waals surface area contributed by atoms with Crippen molar-refractivity contribution in [3.05, 3.63) is 66.0 Å². The molecule has 0 aliphatic heterocycles. The summed E-state index contributed by atoms with van der Waals surface area (Å²) in [6, 6.07) is 16.5. The second kappa shape index (κ2) is 9.50. The van der Waals surface area contributed by atoms with Crippen LogP contribution in [0.15, 0.2) is 59.8 Å². The van der Waals surface area contributed by atoms with Crippen LogP contribution in [-0.2, 0) is 11.3 Å². The van der Waals surface area contributed by atoms with E-state index in [2.05, 4.69) is 15.5 Å². The van der Waals surface area contributed by atoms with Gasteiger partial charge in [0.15, 0.2) is 11.0 Å². The van der Waals surface area contributed by atoms with Crippen molar-refractivity contribution in [2.75, 3.05) is 5.75 Å². The molecule has 28 heavy (non-hydrogen) atoms. The zero-order valence-corrected chi connectivity index (χ0v) is 16.7. The maximum Gasteiger partial charge on any atom is 0.230 e. The molecule has 0 aliphatic rings. The van der Waals surface area contributed by atoms with E-state index in [1.807, 2.05) is 48.7 Å². The second-order valence-corrected chi connectivity index (χ2v) is 7.47. The fourth-order valence-electron chi connectivity index (χ4n) is 2.69. The lowest BCUT2D eigenvalue weighted by atomic mass is 10.2. The average molecular weight is 399 g/mol. The van der Waals surface area contributed by atoms with Crippen LogP contribution in [0, 0.1) is 5.82 Å². The van der Waals surface area contributed by atoms with Crippen LogP contribution >= 0.6 is 11.8 Å². The Labute approximate surface area is 168 Å². The molecule has 146 valence electrons. The van der Waals surface area contributed by atoms with E-state index in [1.54, 1.807) is 18.2 Å². The zero-order valence-electron chi connectivity index (χ0n) is 15.9. The van der Waals surface area contributed by atoms with E-state index in [0.717, 1.165) is 12.0 Å². The number of benzene rings is 2. The minimum atomic E-state index is -0.352. The van der Waals surface area contributed by atoms with Crippen LogP contribution < -0.4 is 5.32 Å². The van der Waals surface area contributed by atoms with Gasteiger partial charge in [-0.25, -0.2) is 4.39 Å². The summed E-state index contributed by atoms with van der Waals surface area (Å²) in [5, 5.41) is 12.0. The van der Waals surface area contributed by atoms with E-state index >= 15 is 0 Å². The third-order valence-electron chi connectivity index (χ3n) is 4.37. The van der Waals surface area contributed by atoms with Crippen LogP contribution in [0.4, 0.5) is 4.39 Å². The summed E-state index contributed by atoms with van der Waals surface area (Å²) in [6.07, 6.45) is 0.873. The van der Waals surface area contributed by atoms with E-state index in [4.69, 9.17) is 0 Å². The summed E-state index contributed by atoms with van der Waals surface area (Å²) in [6.45, 7) is 4.48. The van der Waals surface area contributed by atoms with Gasteiger partial charge in [0, 0.05) is 6.04 Å². The van der Waals surface area contributed by atoms with E-state index in [-0.39, 0.29) is 23.5 Å². The van der Waals surface area contributed by atoms with Crippen molar-refractivity contribution >= 4 is 17.7 Å². The molecule has 1 aromatic heterocycles. The van der Waals surface area contributed by atoms with Crippen LogP contribution in [0.25, 0.3) is 11.4 Å². The fraction of sp³-hybridized carbons (Fsp3) is 0.286. The quantitative estimate of drug-likeness (QED) is 0.580. The number of aromatic nitrogens is 3. The van der Waals surface area contributed by atoms with Gasteiger partial charge >= 0.3 is 0 Å². The average Bonchev–Trinajstić information content (AvgIpc) is 3.09. The largest absolute Gasteiger partial charge is 0.353 e. The molecule has 1 heterocycles. The molecule has 3 aromatic rings. The Balaban J connectivity index is 1.87. The van der Waals surface area contributed by atoms with E-state index in [0.29, 0.717) is 23.1 Å². The summed E-state index contributed by atoms with van der Waals surface area (Å²) >= 11 is 1.30. The first-order valence-corrected chi connectivity index (χ1v) is 10.2. The van der Waals surface area contributed by atoms with Gasteiger partial charge < -0.3 is 5.32 Å². The lowest BCUT2D eigenvalue weighted by Crippen LogP contribution is -2.33. The predicted octanol–water partition coefficient (Wildman–Crippen LogP) is 4.14. The number of hydrogen-bond acceptors (Lipinski definition) is 4. The van der Waals surface area contributed by atoms with Crippen molar-refractivity contribution in [2.45, 2.75) is 38.0 Å². The molecule has 0 unspecified atom stereocenters. The standard InChI is InChI=1S/C21H23FN4OS/c1-3-15(2)23-19(27)14-28-21-25-24-20(17-11-7-8-12-18(17)22)26(21)13-16-9-5-4-6-10-16/h4-12,15H,3,13-14H2,1-2H3,(H,23,27)/t15-/m0/s1.